The highest BCUT2D eigenvalue weighted by molar-refractivity contribution is 6.30. The van der Waals surface area contributed by atoms with Gasteiger partial charge in [-0.1, -0.05) is 28.9 Å². The molecule has 1 aromatic heterocycles. The van der Waals surface area contributed by atoms with Gasteiger partial charge in [0.25, 0.3) is 0 Å². The number of hydrogen-bond acceptors (Lipinski definition) is 3. The van der Waals surface area contributed by atoms with Crippen molar-refractivity contribution in [3.8, 4) is 11.3 Å². The van der Waals surface area contributed by atoms with E-state index in [1.807, 2.05) is 30.3 Å². The lowest BCUT2D eigenvalue weighted by molar-refractivity contribution is 0.424. The molecule has 0 atom stereocenters. The smallest absolute Gasteiger partial charge is 0.167 e. The van der Waals surface area contributed by atoms with Crippen LogP contribution in [0.1, 0.15) is 5.69 Å². The molecule has 0 bridgehead atoms. The van der Waals surface area contributed by atoms with Crippen LogP contribution in [0.15, 0.2) is 34.9 Å². The van der Waals surface area contributed by atoms with Crippen molar-refractivity contribution in [2.24, 2.45) is 5.73 Å². The number of hydrogen-bond donors (Lipinski definition) is 1. The monoisotopic (exact) mass is 208 g/mol. The molecule has 0 aliphatic rings. The molecule has 0 aliphatic heterocycles. The average Bonchev–Trinajstić information content (AvgIpc) is 2.66. The van der Waals surface area contributed by atoms with Crippen molar-refractivity contribution in [3.63, 3.8) is 0 Å². The Kier molecular flexibility index (Phi) is 2.52. The first kappa shape index (κ1) is 9.24. The summed E-state index contributed by atoms with van der Waals surface area (Å²) in [5.41, 5.74) is 7.07. The molecule has 4 heteroatoms. The molecule has 0 fully saturated rings. The van der Waals surface area contributed by atoms with Gasteiger partial charge in [-0.2, -0.15) is 0 Å². The molecule has 14 heavy (non-hydrogen) atoms. The molecule has 2 N–H and O–H groups in total. The largest absolute Gasteiger partial charge is 0.356 e. The van der Waals surface area contributed by atoms with E-state index in [4.69, 9.17) is 21.9 Å². The molecule has 0 spiro atoms. The molecule has 0 saturated heterocycles. The van der Waals surface area contributed by atoms with Crippen molar-refractivity contribution < 1.29 is 4.52 Å². The van der Waals surface area contributed by atoms with E-state index in [1.54, 1.807) is 0 Å². The summed E-state index contributed by atoms with van der Waals surface area (Å²) in [5.74, 6) is 0.688. The molecule has 0 amide bonds. The van der Waals surface area contributed by atoms with Crippen LogP contribution in [0.5, 0.6) is 0 Å². The van der Waals surface area contributed by atoms with Crippen molar-refractivity contribution in [2.45, 2.75) is 6.54 Å². The lowest BCUT2D eigenvalue weighted by Gasteiger charge is -1.94. The van der Waals surface area contributed by atoms with Gasteiger partial charge in [-0.25, -0.2) is 0 Å². The van der Waals surface area contributed by atoms with E-state index >= 15 is 0 Å². The third-order valence-corrected chi connectivity index (χ3v) is 2.11. The van der Waals surface area contributed by atoms with Gasteiger partial charge in [0, 0.05) is 23.2 Å². The molecule has 0 radical (unpaired) electrons. The molecule has 2 rings (SSSR count). The van der Waals surface area contributed by atoms with Crippen LogP contribution < -0.4 is 5.73 Å². The summed E-state index contributed by atoms with van der Waals surface area (Å²) < 4.78 is 5.11. The van der Waals surface area contributed by atoms with Gasteiger partial charge in [-0.3, -0.25) is 0 Å². The Morgan fingerprint density at radius 3 is 2.86 bits per heavy atom. The highest BCUT2D eigenvalue weighted by atomic mass is 35.5. The zero-order valence-corrected chi connectivity index (χ0v) is 8.16. The second kappa shape index (κ2) is 3.82. The van der Waals surface area contributed by atoms with Gasteiger partial charge in [0.1, 0.15) is 0 Å². The van der Waals surface area contributed by atoms with E-state index in [9.17, 15) is 0 Å². The first-order valence-corrected chi connectivity index (χ1v) is 4.59. The van der Waals surface area contributed by atoms with Crippen LogP contribution in [-0.4, -0.2) is 5.16 Å². The Bertz CT molecular complexity index is 439. The van der Waals surface area contributed by atoms with Gasteiger partial charge in [0.05, 0.1) is 5.69 Å². The Labute approximate surface area is 86.5 Å². The molecule has 1 aromatic carbocycles. The number of nitrogens with two attached hydrogens (primary N) is 1. The van der Waals surface area contributed by atoms with Crippen LogP contribution in [0.2, 0.25) is 5.02 Å². The summed E-state index contributed by atoms with van der Waals surface area (Å²) in [6.07, 6.45) is 0. The Morgan fingerprint density at radius 1 is 1.36 bits per heavy atom. The van der Waals surface area contributed by atoms with Crippen molar-refractivity contribution >= 4 is 11.6 Å². The predicted molar refractivity (Wildman–Crippen MR) is 54.8 cm³/mol. The van der Waals surface area contributed by atoms with Crippen LogP contribution in [-0.2, 0) is 6.54 Å². The third kappa shape index (κ3) is 1.78. The lowest BCUT2D eigenvalue weighted by atomic mass is 10.1. The number of benzene rings is 1. The fraction of sp³-hybridized carbons (Fsp3) is 0.100. The topological polar surface area (TPSA) is 52.0 Å². The zero-order chi connectivity index (χ0) is 9.97. The lowest BCUT2D eigenvalue weighted by Crippen LogP contribution is -1.94. The Morgan fingerprint density at radius 2 is 2.21 bits per heavy atom. The fourth-order valence-corrected chi connectivity index (χ4v) is 1.38. The summed E-state index contributed by atoms with van der Waals surface area (Å²) in [6, 6.07) is 9.22. The molecule has 3 nitrogen and oxygen atoms in total. The van der Waals surface area contributed by atoms with E-state index in [2.05, 4.69) is 5.16 Å². The minimum absolute atomic E-state index is 0.379. The van der Waals surface area contributed by atoms with Crippen LogP contribution >= 0.6 is 11.6 Å². The number of rotatable bonds is 2. The summed E-state index contributed by atoms with van der Waals surface area (Å²) in [7, 11) is 0. The summed E-state index contributed by atoms with van der Waals surface area (Å²) >= 11 is 5.85. The third-order valence-electron chi connectivity index (χ3n) is 1.88. The van der Waals surface area contributed by atoms with Crippen LogP contribution in [0.3, 0.4) is 0 Å². The molecule has 0 saturated carbocycles. The summed E-state index contributed by atoms with van der Waals surface area (Å²) in [4.78, 5) is 0. The molecular formula is C10H9ClN2O. The molecule has 1 heterocycles. The first-order valence-electron chi connectivity index (χ1n) is 4.21. The van der Waals surface area contributed by atoms with Crippen LogP contribution in [0.25, 0.3) is 11.3 Å². The summed E-state index contributed by atoms with van der Waals surface area (Å²) in [6.45, 7) is 0.379. The predicted octanol–water partition coefficient (Wildman–Crippen LogP) is 2.45. The molecule has 2 aromatic rings. The minimum Gasteiger partial charge on any atom is -0.356 e. The van der Waals surface area contributed by atoms with Crippen LogP contribution in [0.4, 0.5) is 0 Å². The molecule has 0 aliphatic carbocycles. The zero-order valence-electron chi connectivity index (χ0n) is 7.40. The number of aromatic nitrogens is 1. The van der Waals surface area contributed by atoms with E-state index < -0.39 is 0 Å². The van der Waals surface area contributed by atoms with E-state index in [-0.39, 0.29) is 0 Å². The fourth-order valence-electron chi connectivity index (χ4n) is 1.19. The molecule has 0 unspecified atom stereocenters. The Balaban J connectivity index is 2.39. The highest BCUT2D eigenvalue weighted by Gasteiger charge is 2.05. The minimum atomic E-state index is 0.379. The maximum Gasteiger partial charge on any atom is 0.167 e. The average molecular weight is 209 g/mol. The standard InChI is InChI=1S/C10H9ClN2O/c11-8-3-1-2-7(4-8)10-5-9(6-12)13-14-10/h1-5H,6,12H2. The summed E-state index contributed by atoms with van der Waals surface area (Å²) in [5, 5.41) is 4.47. The Hall–Kier alpha value is -1.32. The molecule has 72 valence electrons. The van der Waals surface area contributed by atoms with E-state index in [0.717, 1.165) is 11.3 Å². The van der Waals surface area contributed by atoms with Gasteiger partial charge in [-0.05, 0) is 12.1 Å². The van der Waals surface area contributed by atoms with Crippen molar-refractivity contribution in [1.82, 2.24) is 5.16 Å². The number of halogens is 1. The maximum absolute atomic E-state index is 5.85. The van der Waals surface area contributed by atoms with Crippen molar-refractivity contribution in [1.29, 1.82) is 0 Å². The second-order valence-corrected chi connectivity index (χ2v) is 3.33. The van der Waals surface area contributed by atoms with E-state index in [0.29, 0.717) is 17.3 Å². The van der Waals surface area contributed by atoms with Gasteiger partial charge in [0.15, 0.2) is 5.76 Å². The van der Waals surface area contributed by atoms with Gasteiger partial charge in [0.2, 0.25) is 0 Å². The SMILES string of the molecule is NCc1cc(-c2cccc(Cl)c2)on1. The van der Waals surface area contributed by atoms with Gasteiger partial charge < -0.3 is 10.3 Å². The van der Waals surface area contributed by atoms with E-state index in [1.165, 1.54) is 0 Å². The normalized spacial score (nSPS) is 10.4. The quantitative estimate of drug-likeness (QED) is 0.825. The molecular weight excluding hydrogens is 200 g/mol. The van der Waals surface area contributed by atoms with Gasteiger partial charge >= 0.3 is 0 Å². The van der Waals surface area contributed by atoms with Crippen molar-refractivity contribution in [3.05, 3.63) is 41.0 Å². The first-order chi connectivity index (χ1) is 6.79. The van der Waals surface area contributed by atoms with Gasteiger partial charge in [-0.15, -0.1) is 0 Å². The highest BCUT2D eigenvalue weighted by Crippen LogP contribution is 2.23. The number of nitrogens with zero attached hydrogens (tertiary/aromatic N) is 1. The second-order valence-electron chi connectivity index (χ2n) is 2.90. The maximum atomic E-state index is 5.85. The van der Waals surface area contributed by atoms with Crippen molar-refractivity contribution in [2.75, 3.05) is 0 Å². The van der Waals surface area contributed by atoms with Crippen LogP contribution in [0, 0.1) is 0 Å².